The minimum atomic E-state index is -0.924. The number of aromatic nitrogens is 2. The first-order valence-electron chi connectivity index (χ1n) is 4.91. The summed E-state index contributed by atoms with van der Waals surface area (Å²) in [5.41, 5.74) is -0.403. The van der Waals surface area contributed by atoms with Gasteiger partial charge in [0.25, 0.3) is 5.56 Å². The van der Waals surface area contributed by atoms with Crippen molar-refractivity contribution in [1.82, 2.24) is 9.55 Å². The van der Waals surface area contributed by atoms with E-state index in [4.69, 9.17) is 14.6 Å². The van der Waals surface area contributed by atoms with Crippen molar-refractivity contribution in [2.24, 2.45) is 0 Å². The molecule has 1 saturated heterocycles. The maximum atomic E-state index is 11.0. The minimum absolute atomic E-state index is 0. The average molecular weight is 263 g/mol. The highest BCUT2D eigenvalue weighted by Gasteiger charge is 2.50. The largest absolute Gasteiger partial charge is 0.453 e. The van der Waals surface area contributed by atoms with Crippen LogP contribution in [0.1, 0.15) is 6.23 Å². The van der Waals surface area contributed by atoms with Gasteiger partial charge in [0.15, 0.2) is 12.3 Å². The van der Waals surface area contributed by atoms with Gasteiger partial charge < -0.3 is 19.7 Å². The first kappa shape index (κ1) is 12.3. The summed E-state index contributed by atoms with van der Waals surface area (Å²) in [5, 5.41) is 18.7. The molecule has 0 spiro atoms. The van der Waals surface area contributed by atoms with E-state index in [1.807, 2.05) is 0 Å². The molecule has 0 unspecified atom stereocenters. The Kier molecular flexibility index (Phi) is 3.09. The zero-order valence-corrected chi connectivity index (χ0v) is 9.41. The first-order valence-corrected chi connectivity index (χ1v) is 4.91. The molecule has 2 N–H and O–H groups in total. The smallest absolute Gasteiger partial charge is 0.302 e. The molecule has 1 aromatic rings. The summed E-state index contributed by atoms with van der Waals surface area (Å²) in [6, 6.07) is 1.43. The molecular formula is C9H11ClN2O5. The van der Waals surface area contributed by atoms with Crippen molar-refractivity contribution in [3.63, 3.8) is 0 Å². The molecule has 0 saturated carbocycles. The van der Waals surface area contributed by atoms with E-state index in [9.17, 15) is 9.90 Å². The fourth-order valence-electron chi connectivity index (χ4n) is 2.02. The van der Waals surface area contributed by atoms with Gasteiger partial charge in [-0.2, -0.15) is 4.98 Å². The van der Waals surface area contributed by atoms with Gasteiger partial charge in [-0.25, -0.2) is 0 Å². The lowest BCUT2D eigenvalue weighted by molar-refractivity contribution is -0.0434. The number of hydrogen-bond donors (Lipinski definition) is 2. The third-order valence-electron chi connectivity index (χ3n) is 2.81. The number of aliphatic hydroxyl groups is 2. The summed E-state index contributed by atoms with van der Waals surface area (Å²) in [5.74, 6) is 0. The molecule has 2 aliphatic rings. The van der Waals surface area contributed by atoms with Crippen molar-refractivity contribution < 1.29 is 19.7 Å². The van der Waals surface area contributed by atoms with Gasteiger partial charge in [-0.1, -0.05) is 0 Å². The van der Waals surface area contributed by atoms with Crippen molar-refractivity contribution in [1.29, 1.82) is 0 Å². The Bertz CT molecular complexity index is 479. The van der Waals surface area contributed by atoms with Crippen molar-refractivity contribution in [2.75, 3.05) is 6.61 Å². The predicted molar refractivity (Wildman–Crippen MR) is 57.2 cm³/mol. The van der Waals surface area contributed by atoms with Crippen molar-refractivity contribution in [2.45, 2.75) is 24.5 Å². The molecule has 0 aromatic carbocycles. The van der Waals surface area contributed by atoms with E-state index >= 15 is 0 Å². The number of hydrogen-bond acceptors (Lipinski definition) is 6. The second kappa shape index (κ2) is 4.26. The molecule has 4 atom stereocenters. The van der Waals surface area contributed by atoms with E-state index in [1.165, 1.54) is 16.8 Å². The Morgan fingerprint density at radius 2 is 2.29 bits per heavy atom. The van der Waals surface area contributed by atoms with Crippen LogP contribution in [0.15, 0.2) is 17.1 Å². The second-order valence-electron chi connectivity index (χ2n) is 3.78. The Balaban J connectivity index is 0.00000108. The number of ether oxygens (including phenoxy) is 2. The van der Waals surface area contributed by atoms with Crippen LogP contribution in [0, 0.1) is 0 Å². The maximum Gasteiger partial charge on any atom is 0.302 e. The van der Waals surface area contributed by atoms with Gasteiger partial charge in [0.2, 0.25) is 0 Å². The minimum Gasteiger partial charge on any atom is -0.453 e. The van der Waals surface area contributed by atoms with Crippen LogP contribution in [0.5, 0.6) is 6.01 Å². The number of rotatable bonds is 1. The zero-order valence-electron chi connectivity index (χ0n) is 8.59. The van der Waals surface area contributed by atoms with Gasteiger partial charge in [0.05, 0.1) is 6.61 Å². The van der Waals surface area contributed by atoms with Crippen molar-refractivity contribution >= 4 is 12.4 Å². The predicted octanol–water partition coefficient (Wildman–Crippen LogP) is -1.32. The Labute approximate surface area is 102 Å². The Hall–Kier alpha value is -1.15. The molecule has 1 fully saturated rings. The molecule has 0 radical (unpaired) electrons. The normalized spacial score (nSPS) is 33.5. The monoisotopic (exact) mass is 262 g/mol. The van der Waals surface area contributed by atoms with Crippen LogP contribution >= 0.6 is 12.4 Å². The van der Waals surface area contributed by atoms with E-state index in [1.54, 1.807) is 0 Å². The van der Waals surface area contributed by atoms with Crippen molar-refractivity contribution in [3.05, 3.63) is 22.6 Å². The lowest BCUT2D eigenvalue weighted by Gasteiger charge is -2.13. The molecule has 8 heteroatoms. The average Bonchev–Trinajstić information content (AvgIpc) is 2.75. The molecule has 3 rings (SSSR count). The summed E-state index contributed by atoms with van der Waals surface area (Å²) in [6.07, 6.45) is -1.24. The maximum absolute atomic E-state index is 11.0. The van der Waals surface area contributed by atoms with Crippen LogP contribution in [-0.4, -0.2) is 44.7 Å². The summed E-state index contributed by atoms with van der Waals surface area (Å²) < 4.78 is 12.3. The van der Waals surface area contributed by atoms with Crippen molar-refractivity contribution in [3.8, 4) is 6.01 Å². The van der Waals surface area contributed by atoms with Crippen LogP contribution in [-0.2, 0) is 4.74 Å². The molecule has 3 heterocycles. The fraction of sp³-hybridized carbons (Fsp3) is 0.556. The lowest BCUT2D eigenvalue weighted by atomic mass is 10.1. The molecule has 0 aliphatic carbocycles. The molecule has 2 aliphatic heterocycles. The highest BCUT2D eigenvalue weighted by Crippen LogP contribution is 2.38. The quantitative estimate of drug-likeness (QED) is 0.652. The molecule has 94 valence electrons. The van der Waals surface area contributed by atoms with E-state index in [0.717, 1.165) is 0 Å². The molecule has 0 bridgehead atoms. The summed E-state index contributed by atoms with van der Waals surface area (Å²) in [4.78, 5) is 14.7. The number of fused-ring (bicyclic) bond motifs is 3. The number of aliphatic hydroxyl groups excluding tert-OH is 2. The first-order chi connectivity index (χ1) is 7.70. The van der Waals surface area contributed by atoms with Gasteiger partial charge >= 0.3 is 6.01 Å². The zero-order chi connectivity index (χ0) is 11.3. The van der Waals surface area contributed by atoms with Crippen LogP contribution in [0.25, 0.3) is 0 Å². The van der Waals surface area contributed by atoms with Gasteiger partial charge in [0.1, 0.15) is 12.2 Å². The SMILES string of the molecule is Cl.O=c1ccn2c(n1)O[C@@H]1[C@H](O)[C@@H](CO)O[C@H]12. The molecule has 7 nitrogen and oxygen atoms in total. The number of nitrogens with zero attached hydrogens (tertiary/aromatic N) is 2. The highest BCUT2D eigenvalue weighted by molar-refractivity contribution is 5.85. The van der Waals surface area contributed by atoms with Gasteiger partial charge in [0, 0.05) is 12.3 Å². The third-order valence-corrected chi connectivity index (χ3v) is 2.81. The standard InChI is InChI=1S/C9H10N2O5.ClH/c12-3-4-6(14)7-8(15-4)11-2-1-5(13)10-9(11)16-7;/h1-2,4,6-8,12,14H,3H2;1H/t4-,6-,7-,8-;/m1./s1. The van der Waals surface area contributed by atoms with Gasteiger partial charge in [-0.05, 0) is 0 Å². The van der Waals surface area contributed by atoms with E-state index < -0.39 is 30.1 Å². The highest BCUT2D eigenvalue weighted by atomic mass is 35.5. The second-order valence-corrected chi connectivity index (χ2v) is 3.78. The topological polar surface area (TPSA) is 93.8 Å². The molecule has 0 amide bonds. The summed E-state index contributed by atoms with van der Waals surface area (Å²) >= 11 is 0. The Morgan fingerprint density at radius 1 is 1.53 bits per heavy atom. The third kappa shape index (κ3) is 1.71. The van der Waals surface area contributed by atoms with E-state index in [2.05, 4.69) is 4.98 Å². The van der Waals surface area contributed by atoms with Crippen LogP contribution in [0.2, 0.25) is 0 Å². The van der Waals surface area contributed by atoms with E-state index in [0.29, 0.717) is 0 Å². The molecular weight excluding hydrogens is 252 g/mol. The Morgan fingerprint density at radius 3 is 3.00 bits per heavy atom. The van der Waals surface area contributed by atoms with Crippen LogP contribution < -0.4 is 10.3 Å². The summed E-state index contributed by atoms with van der Waals surface area (Å²) in [7, 11) is 0. The summed E-state index contributed by atoms with van der Waals surface area (Å²) in [6.45, 7) is -0.277. The lowest BCUT2D eigenvalue weighted by Crippen LogP contribution is -2.34. The van der Waals surface area contributed by atoms with Crippen LogP contribution in [0.4, 0.5) is 0 Å². The van der Waals surface area contributed by atoms with Gasteiger partial charge in [-0.3, -0.25) is 9.36 Å². The number of halogens is 1. The van der Waals surface area contributed by atoms with Crippen LogP contribution in [0.3, 0.4) is 0 Å². The molecule has 1 aromatic heterocycles. The molecule has 17 heavy (non-hydrogen) atoms. The van der Waals surface area contributed by atoms with E-state index in [-0.39, 0.29) is 25.0 Å². The fourth-order valence-corrected chi connectivity index (χ4v) is 2.02. The van der Waals surface area contributed by atoms with Gasteiger partial charge in [-0.15, -0.1) is 12.4 Å².